The van der Waals surface area contributed by atoms with Crippen molar-refractivity contribution in [3.63, 3.8) is 0 Å². The number of hydrogen-bond donors (Lipinski definition) is 0. The van der Waals surface area contributed by atoms with E-state index in [1.165, 1.54) is 7.11 Å². The minimum Gasteiger partial charge on any atom is -0.448 e. The first kappa shape index (κ1) is 18.3. The number of Topliss-reactive ketones (excluding diaryl/α,β-unsaturated/α-hetero) is 1. The Morgan fingerprint density at radius 1 is 1.04 bits per heavy atom. The summed E-state index contributed by atoms with van der Waals surface area (Å²) in [5.41, 5.74) is 1.44. The van der Waals surface area contributed by atoms with Gasteiger partial charge < -0.3 is 14.2 Å². The van der Waals surface area contributed by atoms with E-state index in [9.17, 15) is 9.59 Å². The van der Waals surface area contributed by atoms with Gasteiger partial charge in [-0.3, -0.25) is 4.79 Å². The van der Waals surface area contributed by atoms with Crippen LogP contribution in [-0.2, 0) is 25.6 Å². The van der Waals surface area contributed by atoms with Crippen molar-refractivity contribution in [3.05, 3.63) is 71.8 Å². The molecule has 5 heteroatoms. The van der Waals surface area contributed by atoms with Crippen LogP contribution in [0.3, 0.4) is 0 Å². The van der Waals surface area contributed by atoms with E-state index in [4.69, 9.17) is 14.2 Å². The first-order valence-electron chi connectivity index (χ1n) is 8.66. The average Bonchev–Trinajstić information content (AvgIpc) is 2.69. The molecular formula is C21H22O5. The molecule has 0 N–H and O–H groups in total. The third kappa shape index (κ3) is 4.36. The van der Waals surface area contributed by atoms with Crippen LogP contribution in [-0.4, -0.2) is 37.2 Å². The topological polar surface area (TPSA) is 61.8 Å². The maximum Gasteiger partial charge on any atom is 0.338 e. The summed E-state index contributed by atoms with van der Waals surface area (Å²) in [6, 6.07) is 18.4. The molecule has 2 aromatic rings. The highest BCUT2D eigenvalue weighted by molar-refractivity contribution is 5.93. The number of benzene rings is 2. The molecule has 5 nitrogen and oxygen atoms in total. The molecule has 3 rings (SSSR count). The fourth-order valence-electron chi connectivity index (χ4n) is 3.09. The number of rotatable bonds is 6. The summed E-state index contributed by atoms with van der Waals surface area (Å²) in [6.07, 6.45) is -1.04. The summed E-state index contributed by atoms with van der Waals surface area (Å²) in [6.45, 7) is 0.416. The second-order valence-electron chi connectivity index (χ2n) is 6.23. The third-order valence-electron chi connectivity index (χ3n) is 4.48. The van der Waals surface area contributed by atoms with E-state index in [0.717, 1.165) is 5.56 Å². The van der Waals surface area contributed by atoms with Gasteiger partial charge in [-0.1, -0.05) is 48.5 Å². The van der Waals surface area contributed by atoms with Crippen LogP contribution in [0.5, 0.6) is 0 Å². The third-order valence-corrected chi connectivity index (χ3v) is 4.48. The predicted octanol–water partition coefficient (Wildman–Crippen LogP) is 3.18. The number of carbonyl (C=O) groups excluding carboxylic acids is 2. The first-order chi connectivity index (χ1) is 12.7. The van der Waals surface area contributed by atoms with E-state index in [0.29, 0.717) is 25.0 Å². The summed E-state index contributed by atoms with van der Waals surface area (Å²) in [7, 11) is 1.51. The fourth-order valence-corrected chi connectivity index (χ4v) is 3.09. The Bertz CT molecular complexity index is 729. The van der Waals surface area contributed by atoms with Gasteiger partial charge in [-0.05, 0) is 24.1 Å². The lowest BCUT2D eigenvalue weighted by Gasteiger charge is -2.35. The van der Waals surface area contributed by atoms with E-state index < -0.39 is 18.2 Å². The van der Waals surface area contributed by atoms with Crippen LogP contribution in [0.4, 0.5) is 0 Å². The van der Waals surface area contributed by atoms with Gasteiger partial charge in [-0.25, -0.2) is 4.79 Å². The summed E-state index contributed by atoms with van der Waals surface area (Å²) < 4.78 is 16.9. The van der Waals surface area contributed by atoms with Crippen molar-refractivity contribution in [1.29, 1.82) is 0 Å². The standard InChI is InChI=1S/C21H22O5/c1-24-20-18(25-14-15-8-4-2-5-9-15)13-12-17(22)19(20)26-21(23)16-10-6-3-7-11-16/h2-11,18-20H,12-14H2,1H3/t18-,19-,20-/m1/s1. The van der Waals surface area contributed by atoms with Crippen molar-refractivity contribution < 1.29 is 23.8 Å². The van der Waals surface area contributed by atoms with Crippen LogP contribution < -0.4 is 0 Å². The van der Waals surface area contributed by atoms with Gasteiger partial charge in [0.2, 0.25) is 0 Å². The molecule has 0 heterocycles. The molecule has 0 spiro atoms. The monoisotopic (exact) mass is 354 g/mol. The molecule has 3 atom stereocenters. The average molecular weight is 354 g/mol. The van der Waals surface area contributed by atoms with Crippen molar-refractivity contribution in [2.24, 2.45) is 0 Å². The summed E-state index contributed by atoms with van der Waals surface area (Å²) >= 11 is 0. The minimum absolute atomic E-state index is 0.138. The molecule has 1 aliphatic rings. The number of esters is 1. The Hall–Kier alpha value is -2.50. The second-order valence-corrected chi connectivity index (χ2v) is 6.23. The van der Waals surface area contributed by atoms with Gasteiger partial charge in [0.25, 0.3) is 0 Å². The highest BCUT2D eigenvalue weighted by Crippen LogP contribution is 2.26. The van der Waals surface area contributed by atoms with Crippen LogP contribution in [0.1, 0.15) is 28.8 Å². The summed E-state index contributed by atoms with van der Waals surface area (Å²) in [5.74, 6) is -0.671. The zero-order valence-electron chi connectivity index (χ0n) is 14.7. The van der Waals surface area contributed by atoms with Crippen molar-refractivity contribution in [2.45, 2.75) is 37.8 Å². The number of ketones is 1. The molecule has 0 aliphatic heterocycles. The molecule has 0 aromatic heterocycles. The van der Waals surface area contributed by atoms with E-state index in [2.05, 4.69) is 0 Å². The van der Waals surface area contributed by atoms with Gasteiger partial charge in [0.15, 0.2) is 11.9 Å². The highest BCUT2D eigenvalue weighted by Gasteiger charge is 2.42. The maximum atomic E-state index is 12.3. The van der Waals surface area contributed by atoms with Crippen molar-refractivity contribution in [1.82, 2.24) is 0 Å². The van der Waals surface area contributed by atoms with Gasteiger partial charge in [-0.2, -0.15) is 0 Å². The van der Waals surface area contributed by atoms with Crippen molar-refractivity contribution in [3.8, 4) is 0 Å². The van der Waals surface area contributed by atoms with Crippen molar-refractivity contribution in [2.75, 3.05) is 7.11 Å². The lowest BCUT2D eigenvalue weighted by atomic mass is 9.90. The molecule has 26 heavy (non-hydrogen) atoms. The van der Waals surface area contributed by atoms with Gasteiger partial charge >= 0.3 is 5.97 Å². The molecule has 1 saturated carbocycles. The Morgan fingerprint density at radius 3 is 2.35 bits per heavy atom. The second kappa shape index (κ2) is 8.74. The molecule has 0 radical (unpaired) electrons. The van der Waals surface area contributed by atoms with Gasteiger partial charge in [0.1, 0.15) is 6.10 Å². The summed E-state index contributed by atoms with van der Waals surface area (Å²) in [4.78, 5) is 24.7. The summed E-state index contributed by atoms with van der Waals surface area (Å²) in [5, 5.41) is 0. The lowest BCUT2D eigenvalue weighted by molar-refractivity contribution is -0.160. The quantitative estimate of drug-likeness (QED) is 0.746. The predicted molar refractivity (Wildman–Crippen MR) is 95.7 cm³/mol. The van der Waals surface area contributed by atoms with Gasteiger partial charge in [0.05, 0.1) is 18.3 Å². The molecule has 1 aliphatic carbocycles. The molecule has 136 valence electrons. The van der Waals surface area contributed by atoms with Crippen molar-refractivity contribution >= 4 is 11.8 Å². The van der Waals surface area contributed by atoms with E-state index in [-0.39, 0.29) is 11.9 Å². The number of ether oxygens (including phenoxy) is 3. The fraction of sp³-hybridized carbons (Fsp3) is 0.333. The maximum absolute atomic E-state index is 12.3. The van der Waals surface area contributed by atoms with E-state index in [1.807, 2.05) is 36.4 Å². The van der Waals surface area contributed by atoms with Crippen LogP contribution >= 0.6 is 0 Å². The lowest BCUT2D eigenvalue weighted by Crippen LogP contribution is -2.51. The van der Waals surface area contributed by atoms with Crippen LogP contribution in [0, 0.1) is 0 Å². The number of hydrogen-bond acceptors (Lipinski definition) is 5. The molecular weight excluding hydrogens is 332 g/mol. The highest BCUT2D eigenvalue weighted by atomic mass is 16.6. The van der Waals surface area contributed by atoms with E-state index in [1.54, 1.807) is 24.3 Å². The van der Waals surface area contributed by atoms with Crippen LogP contribution in [0.2, 0.25) is 0 Å². The molecule has 0 unspecified atom stereocenters. The van der Waals surface area contributed by atoms with E-state index >= 15 is 0 Å². The number of carbonyl (C=O) groups is 2. The zero-order chi connectivity index (χ0) is 18.4. The molecule has 2 aromatic carbocycles. The molecule has 1 fully saturated rings. The van der Waals surface area contributed by atoms with Gasteiger partial charge in [0, 0.05) is 13.5 Å². The normalized spacial score (nSPS) is 22.8. The SMILES string of the molecule is CO[C@H]1[C@H](OC(=O)c2ccccc2)C(=O)CC[C@H]1OCc1ccccc1. The largest absolute Gasteiger partial charge is 0.448 e. The molecule has 0 bridgehead atoms. The van der Waals surface area contributed by atoms with Crippen LogP contribution in [0.15, 0.2) is 60.7 Å². The Kier molecular flexibility index (Phi) is 6.15. The Labute approximate surface area is 152 Å². The molecule has 0 amide bonds. The Morgan fingerprint density at radius 2 is 1.69 bits per heavy atom. The zero-order valence-corrected chi connectivity index (χ0v) is 14.7. The number of methoxy groups -OCH3 is 1. The minimum atomic E-state index is -0.956. The van der Waals surface area contributed by atoms with Crippen LogP contribution in [0.25, 0.3) is 0 Å². The Balaban J connectivity index is 1.67. The van der Waals surface area contributed by atoms with Gasteiger partial charge in [-0.15, -0.1) is 0 Å². The smallest absolute Gasteiger partial charge is 0.338 e. The molecule has 0 saturated heterocycles. The first-order valence-corrected chi connectivity index (χ1v) is 8.66.